The van der Waals surface area contributed by atoms with Crippen molar-refractivity contribution in [3.63, 3.8) is 0 Å². The minimum Gasteiger partial charge on any atom is -0.332 e. The van der Waals surface area contributed by atoms with Crippen LogP contribution in [0.2, 0.25) is 0 Å². The zero-order chi connectivity index (χ0) is 13.7. The predicted octanol–water partition coefficient (Wildman–Crippen LogP) is 1.64. The largest absolute Gasteiger partial charge is 0.332 e. The third-order valence-corrected chi connectivity index (χ3v) is 3.45. The van der Waals surface area contributed by atoms with E-state index in [2.05, 4.69) is 9.99 Å². The molecule has 6 heteroatoms. The molecular formula is C13H14N2O3S. The van der Waals surface area contributed by atoms with E-state index < -0.39 is 5.97 Å². The maximum atomic E-state index is 12.1. The van der Waals surface area contributed by atoms with Gasteiger partial charge in [-0.05, 0) is 5.56 Å². The normalized spacial score (nSPS) is 17.6. The van der Waals surface area contributed by atoms with E-state index >= 15 is 0 Å². The van der Waals surface area contributed by atoms with E-state index in [9.17, 15) is 9.59 Å². The van der Waals surface area contributed by atoms with Crippen LogP contribution in [-0.4, -0.2) is 34.1 Å². The van der Waals surface area contributed by atoms with Gasteiger partial charge in [0.25, 0.3) is 5.91 Å². The molecule has 1 aromatic carbocycles. The summed E-state index contributed by atoms with van der Waals surface area (Å²) in [4.78, 5) is 29.1. The molecule has 0 aliphatic carbocycles. The minimum atomic E-state index is -0.527. The first-order chi connectivity index (χ1) is 9.16. The molecule has 2 rings (SSSR count). The second-order valence-electron chi connectivity index (χ2n) is 4.04. The maximum absolute atomic E-state index is 12.1. The lowest BCUT2D eigenvalue weighted by molar-refractivity contribution is -0.140. The smallest absolute Gasteiger partial charge is 0.332 e. The van der Waals surface area contributed by atoms with Crippen molar-refractivity contribution in [2.75, 3.05) is 12.3 Å². The number of thioether (sulfide) groups is 1. The van der Waals surface area contributed by atoms with Crippen molar-refractivity contribution in [3.05, 3.63) is 35.9 Å². The summed E-state index contributed by atoms with van der Waals surface area (Å²) in [5.41, 5.74) is 1.06. The number of amides is 1. The molecule has 0 bridgehead atoms. The first kappa shape index (κ1) is 13.6. The van der Waals surface area contributed by atoms with Crippen molar-refractivity contribution in [2.24, 2.45) is 5.16 Å². The van der Waals surface area contributed by atoms with Crippen LogP contribution in [-0.2, 0) is 21.0 Å². The number of nitrogens with zero attached hydrogens (tertiary/aromatic N) is 2. The Hall–Kier alpha value is -1.82. The number of carbonyl (C=O) groups excluding carboxylic acids is 2. The molecule has 1 heterocycles. The van der Waals surface area contributed by atoms with Crippen molar-refractivity contribution < 1.29 is 14.4 Å². The molecule has 1 aliphatic heterocycles. The Bertz CT molecular complexity index is 502. The van der Waals surface area contributed by atoms with Gasteiger partial charge >= 0.3 is 5.97 Å². The molecule has 1 aromatic rings. The minimum absolute atomic E-state index is 0.193. The molecule has 100 valence electrons. The molecule has 1 amide bonds. The Balaban J connectivity index is 2.04. The van der Waals surface area contributed by atoms with Gasteiger partial charge in [0, 0.05) is 25.8 Å². The van der Waals surface area contributed by atoms with Crippen LogP contribution in [0.4, 0.5) is 0 Å². The first-order valence-electron chi connectivity index (χ1n) is 5.88. The van der Waals surface area contributed by atoms with E-state index in [4.69, 9.17) is 0 Å². The fourth-order valence-corrected chi connectivity index (χ4v) is 2.52. The van der Waals surface area contributed by atoms with Crippen molar-refractivity contribution in [1.82, 2.24) is 4.90 Å². The molecule has 0 atom stereocenters. The van der Waals surface area contributed by atoms with Gasteiger partial charge in [-0.1, -0.05) is 47.2 Å². The van der Waals surface area contributed by atoms with E-state index in [1.54, 1.807) is 4.90 Å². The number of rotatable bonds is 3. The van der Waals surface area contributed by atoms with E-state index in [1.807, 2.05) is 30.3 Å². The Morgan fingerprint density at radius 3 is 2.84 bits per heavy atom. The number of oxime groups is 1. The van der Waals surface area contributed by atoms with Crippen molar-refractivity contribution in [2.45, 2.75) is 13.5 Å². The number of benzene rings is 1. The molecule has 0 spiro atoms. The summed E-state index contributed by atoms with van der Waals surface area (Å²) in [6, 6.07) is 9.75. The molecule has 0 saturated carbocycles. The number of hydrogen-bond acceptors (Lipinski definition) is 5. The highest BCUT2D eigenvalue weighted by molar-refractivity contribution is 8.15. The van der Waals surface area contributed by atoms with Crippen LogP contribution in [0.5, 0.6) is 0 Å². The zero-order valence-corrected chi connectivity index (χ0v) is 11.4. The molecule has 19 heavy (non-hydrogen) atoms. The summed E-state index contributed by atoms with van der Waals surface area (Å²) < 4.78 is 0. The fourth-order valence-electron chi connectivity index (χ4n) is 1.68. The lowest BCUT2D eigenvalue weighted by Gasteiger charge is -2.26. The number of carbonyl (C=O) groups is 2. The van der Waals surface area contributed by atoms with E-state index in [0.717, 1.165) is 11.3 Å². The highest BCUT2D eigenvalue weighted by atomic mass is 32.2. The molecule has 1 fully saturated rings. The van der Waals surface area contributed by atoms with Gasteiger partial charge in [0.1, 0.15) is 0 Å². The molecule has 0 radical (unpaired) electrons. The van der Waals surface area contributed by atoms with Gasteiger partial charge in [-0.25, -0.2) is 4.79 Å². The molecule has 5 nitrogen and oxygen atoms in total. The quantitative estimate of drug-likeness (QED) is 0.623. The number of hydrogen-bond donors (Lipinski definition) is 0. The van der Waals surface area contributed by atoms with Gasteiger partial charge in [-0.15, -0.1) is 0 Å². The predicted molar refractivity (Wildman–Crippen MR) is 73.5 cm³/mol. The second-order valence-corrected chi connectivity index (χ2v) is 5.12. The Labute approximate surface area is 115 Å². The van der Waals surface area contributed by atoms with Crippen LogP contribution in [0, 0.1) is 0 Å². The van der Waals surface area contributed by atoms with Gasteiger partial charge < -0.3 is 9.74 Å². The third kappa shape index (κ3) is 3.82. The van der Waals surface area contributed by atoms with E-state index in [1.165, 1.54) is 18.7 Å². The van der Waals surface area contributed by atoms with Crippen LogP contribution in [0.1, 0.15) is 12.5 Å². The van der Waals surface area contributed by atoms with Crippen molar-refractivity contribution in [3.8, 4) is 0 Å². The van der Waals surface area contributed by atoms with Gasteiger partial charge in [-0.3, -0.25) is 4.79 Å². The Morgan fingerprint density at radius 1 is 1.42 bits per heavy atom. The van der Waals surface area contributed by atoms with E-state index in [0.29, 0.717) is 13.1 Å². The van der Waals surface area contributed by atoms with Gasteiger partial charge in [-0.2, -0.15) is 0 Å². The van der Waals surface area contributed by atoms with Gasteiger partial charge in [0.2, 0.25) is 5.04 Å². The van der Waals surface area contributed by atoms with Gasteiger partial charge in [0.05, 0.1) is 0 Å². The highest BCUT2D eigenvalue weighted by Gasteiger charge is 2.26. The third-order valence-electron chi connectivity index (χ3n) is 2.54. The zero-order valence-electron chi connectivity index (χ0n) is 10.5. The van der Waals surface area contributed by atoms with Crippen LogP contribution in [0.25, 0.3) is 0 Å². The topological polar surface area (TPSA) is 59.0 Å². The summed E-state index contributed by atoms with van der Waals surface area (Å²) >= 11 is 1.31. The molecule has 1 saturated heterocycles. The molecular weight excluding hydrogens is 264 g/mol. The molecule has 0 N–H and O–H groups in total. The molecule has 0 aromatic heterocycles. The SMILES string of the molecule is CC(=O)O/N=C1/SCCN(Cc2ccccc2)C1=O. The average Bonchev–Trinajstić information content (AvgIpc) is 2.41. The van der Waals surface area contributed by atoms with Crippen molar-refractivity contribution in [1.29, 1.82) is 0 Å². The Morgan fingerprint density at radius 2 is 2.16 bits per heavy atom. The summed E-state index contributed by atoms with van der Waals surface area (Å²) in [5.74, 6) is 0.0287. The van der Waals surface area contributed by atoms with Crippen molar-refractivity contribution >= 4 is 28.7 Å². The summed E-state index contributed by atoms with van der Waals surface area (Å²) in [6.45, 7) is 2.46. The summed E-state index contributed by atoms with van der Waals surface area (Å²) in [6.07, 6.45) is 0. The van der Waals surface area contributed by atoms with Gasteiger partial charge in [0.15, 0.2) is 0 Å². The Kier molecular flexibility index (Phi) is 4.57. The standard InChI is InChI=1S/C13H14N2O3S/c1-10(16)18-14-12-13(17)15(7-8-19-12)9-11-5-3-2-4-6-11/h2-6H,7-9H2,1H3/b14-12+. The average molecular weight is 278 g/mol. The first-order valence-corrected chi connectivity index (χ1v) is 6.87. The van der Waals surface area contributed by atoms with Crippen LogP contribution in [0.3, 0.4) is 0 Å². The summed E-state index contributed by atoms with van der Waals surface area (Å²) in [7, 11) is 0. The van der Waals surface area contributed by atoms with Crippen LogP contribution in [0.15, 0.2) is 35.5 Å². The summed E-state index contributed by atoms with van der Waals surface area (Å²) in [5, 5.41) is 3.83. The van der Waals surface area contributed by atoms with Crippen LogP contribution < -0.4 is 0 Å². The lowest BCUT2D eigenvalue weighted by atomic mass is 10.2. The monoisotopic (exact) mass is 278 g/mol. The van der Waals surface area contributed by atoms with Crippen LogP contribution >= 0.6 is 11.8 Å². The maximum Gasteiger partial charge on any atom is 0.332 e. The molecule has 1 aliphatic rings. The molecule has 0 unspecified atom stereocenters. The second kappa shape index (κ2) is 6.38. The fraction of sp³-hybridized carbons (Fsp3) is 0.308. The van der Waals surface area contributed by atoms with E-state index in [-0.39, 0.29) is 11.0 Å². The lowest BCUT2D eigenvalue weighted by Crippen LogP contribution is -2.40. The highest BCUT2D eigenvalue weighted by Crippen LogP contribution is 2.17.